The molecule has 72 valence electrons. The highest BCUT2D eigenvalue weighted by molar-refractivity contribution is 5.09. The molecule has 1 aromatic rings. The summed E-state index contributed by atoms with van der Waals surface area (Å²) in [7, 11) is 0. The Morgan fingerprint density at radius 2 is 2.54 bits per heavy atom. The fourth-order valence-electron chi connectivity index (χ4n) is 0.840. The zero-order valence-electron chi connectivity index (χ0n) is 7.32. The quantitative estimate of drug-likeness (QED) is 0.425. The summed E-state index contributed by atoms with van der Waals surface area (Å²) >= 11 is 0. The van der Waals surface area contributed by atoms with Crippen LogP contribution in [0.25, 0.3) is 0 Å². The van der Waals surface area contributed by atoms with Crippen molar-refractivity contribution in [2.75, 3.05) is 6.61 Å². The minimum atomic E-state index is -0.566. The van der Waals surface area contributed by atoms with Crippen molar-refractivity contribution in [3.63, 3.8) is 0 Å². The van der Waals surface area contributed by atoms with Crippen LogP contribution in [0.2, 0.25) is 0 Å². The number of aromatic nitrogens is 2. The Hall–Kier alpha value is -1.43. The van der Waals surface area contributed by atoms with E-state index >= 15 is 0 Å². The molecule has 0 fully saturated rings. The number of hydrogen-bond donors (Lipinski definition) is 1. The van der Waals surface area contributed by atoms with Gasteiger partial charge in [-0.05, 0) is 11.3 Å². The Labute approximate surface area is 75.1 Å². The van der Waals surface area contributed by atoms with Gasteiger partial charge in [-0.25, -0.2) is 4.98 Å². The summed E-state index contributed by atoms with van der Waals surface area (Å²) in [6.07, 6.45) is 2.34. The number of hydrogen-bond acceptors (Lipinski definition) is 4. The maximum atomic E-state index is 10.2. The zero-order chi connectivity index (χ0) is 9.68. The van der Waals surface area contributed by atoms with Crippen LogP contribution in [0, 0.1) is 10.1 Å². The van der Waals surface area contributed by atoms with Crippen molar-refractivity contribution in [3.8, 4) is 0 Å². The second-order valence-corrected chi connectivity index (χ2v) is 2.54. The van der Waals surface area contributed by atoms with Crippen molar-refractivity contribution in [1.29, 1.82) is 0 Å². The van der Waals surface area contributed by atoms with Gasteiger partial charge in [-0.3, -0.25) is 0 Å². The van der Waals surface area contributed by atoms with Crippen molar-refractivity contribution < 1.29 is 9.66 Å². The highest BCUT2D eigenvalue weighted by atomic mass is 16.6. The van der Waals surface area contributed by atoms with Crippen LogP contribution < -0.4 is 0 Å². The molecule has 0 saturated carbocycles. The fourth-order valence-corrected chi connectivity index (χ4v) is 0.840. The van der Waals surface area contributed by atoms with Gasteiger partial charge in [-0.2, -0.15) is 0 Å². The fraction of sp³-hybridized carbons (Fsp3) is 0.571. The molecule has 0 radical (unpaired) electrons. The Morgan fingerprint density at radius 1 is 1.77 bits per heavy atom. The van der Waals surface area contributed by atoms with Crippen LogP contribution in [-0.2, 0) is 11.3 Å². The molecule has 6 nitrogen and oxygen atoms in total. The van der Waals surface area contributed by atoms with Crippen molar-refractivity contribution in [3.05, 3.63) is 22.0 Å². The van der Waals surface area contributed by atoms with E-state index in [-0.39, 0.29) is 5.95 Å². The summed E-state index contributed by atoms with van der Waals surface area (Å²) in [5, 5.41) is 10.2. The number of nitrogens with zero attached hydrogens (tertiary/aromatic N) is 2. The predicted molar refractivity (Wildman–Crippen MR) is 45.2 cm³/mol. The molecule has 1 rings (SSSR count). The third-order valence-corrected chi connectivity index (χ3v) is 1.39. The average molecular weight is 185 g/mol. The molecule has 1 N–H and O–H groups in total. The topological polar surface area (TPSA) is 81.1 Å². The van der Waals surface area contributed by atoms with E-state index in [1.807, 2.05) is 6.92 Å². The predicted octanol–water partition coefficient (Wildman–Crippen LogP) is 1.24. The molecular formula is C7H11N3O3. The first-order chi connectivity index (χ1) is 6.24. The molecule has 0 atom stereocenters. The largest absolute Gasteiger partial charge is 0.432 e. The molecular weight excluding hydrogens is 174 g/mol. The number of H-pyrrole nitrogens is 1. The molecule has 0 aromatic carbocycles. The number of nitrogens with one attached hydrogen (secondary N) is 1. The van der Waals surface area contributed by atoms with Gasteiger partial charge in [0, 0.05) is 6.61 Å². The van der Waals surface area contributed by atoms with Crippen molar-refractivity contribution in [2.24, 2.45) is 0 Å². The Bertz CT molecular complexity index is 284. The first kappa shape index (κ1) is 9.66. The van der Waals surface area contributed by atoms with Gasteiger partial charge in [0.15, 0.2) is 0 Å². The van der Waals surface area contributed by atoms with Crippen LogP contribution in [0.4, 0.5) is 5.95 Å². The van der Waals surface area contributed by atoms with Crippen LogP contribution in [0.3, 0.4) is 0 Å². The number of nitro groups is 1. The summed E-state index contributed by atoms with van der Waals surface area (Å²) < 4.78 is 5.17. The van der Waals surface area contributed by atoms with Gasteiger partial charge in [0.25, 0.3) is 0 Å². The number of ether oxygens (including phenoxy) is 1. The van der Waals surface area contributed by atoms with E-state index in [0.717, 1.165) is 6.42 Å². The smallest absolute Gasteiger partial charge is 0.390 e. The minimum absolute atomic E-state index is 0.241. The maximum absolute atomic E-state index is 10.2. The SMILES string of the molecule is CCCOCc1cnc([N+](=O)[O-])[nH]1. The van der Waals surface area contributed by atoms with Gasteiger partial charge in [0.05, 0.1) is 0 Å². The Morgan fingerprint density at radius 3 is 3.08 bits per heavy atom. The molecule has 0 aliphatic heterocycles. The molecule has 0 saturated heterocycles. The molecule has 6 heteroatoms. The minimum Gasteiger partial charge on any atom is -0.390 e. The molecule has 1 aromatic heterocycles. The van der Waals surface area contributed by atoms with Gasteiger partial charge < -0.3 is 14.9 Å². The molecule has 0 amide bonds. The van der Waals surface area contributed by atoms with E-state index in [9.17, 15) is 10.1 Å². The molecule has 1 heterocycles. The third kappa shape index (κ3) is 2.83. The molecule has 13 heavy (non-hydrogen) atoms. The molecule has 0 unspecified atom stereocenters. The van der Waals surface area contributed by atoms with E-state index in [0.29, 0.717) is 18.9 Å². The number of aromatic amines is 1. The highest BCUT2D eigenvalue weighted by Gasteiger charge is 2.10. The van der Waals surface area contributed by atoms with Crippen LogP contribution in [-0.4, -0.2) is 21.5 Å². The van der Waals surface area contributed by atoms with E-state index in [1.54, 1.807) is 0 Å². The van der Waals surface area contributed by atoms with Crippen LogP contribution in [0.5, 0.6) is 0 Å². The van der Waals surface area contributed by atoms with Gasteiger partial charge >= 0.3 is 5.95 Å². The van der Waals surface area contributed by atoms with Crippen LogP contribution in [0.15, 0.2) is 6.20 Å². The lowest BCUT2D eigenvalue weighted by molar-refractivity contribution is -0.393. The van der Waals surface area contributed by atoms with E-state index in [2.05, 4.69) is 9.97 Å². The molecule has 0 bridgehead atoms. The van der Waals surface area contributed by atoms with Crippen LogP contribution >= 0.6 is 0 Å². The van der Waals surface area contributed by atoms with Gasteiger partial charge in [-0.15, -0.1) is 0 Å². The second-order valence-electron chi connectivity index (χ2n) is 2.54. The summed E-state index contributed by atoms with van der Waals surface area (Å²) in [4.78, 5) is 15.7. The lowest BCUT2D eigenvalue weighted by Crippen LogP contribution is -1.95. The van der Waals surface area contributed by atoms with Gasteiger partial charge in [-0.1, -0.05) is 11.9 Å². The Kier molecular flexibility index (Phi) is 3.39. The standard InChI is InChI=1S/C7H11N3O3/c1-2-3-13-5-6-4-8-7(9-6)10(11)12/h4H,2-3,5H2,1H3,(H,8,9). The normalized spacial score (nSPS) is 10.2. The van der Waals surface area contributed by atoms with Crippen molar-refractivity contribution >= 4 is 5.95 Å². The molecule has 0 spiro atoms. The highest BCUT2D eigenvalue weighted by Crippen LogP contribution is 2.05. The van der Waals surface area contributed by atoms with E-state index < -0.39 is 4.92 Å². The first-order valence-electron chi connectivity index (χ1n) is 4.00. The summed E-state index contributed by atoms with van der Waals surface area (Å²) in [6, 6.07) is 0. The zero-order valence-corrected chi connectivity index (χ0v) is 7.32. The summed E-state index contributed by atoms with van der Waals surface area (Å²) in [5.74, 6) is -0.241. The lowest BCUT2D eigenvalue weighted by Gasteiger charge is -1.95. The summed E-state index contributed by atoms with van der Waals surface area (Å²) in [5.41, 5.74) is 0.625. The third-order valence-electron chi connectivity index (χ3n) is 1.39. The number of imidazole rings is 1. The first-order valence-corrected chi connectivity index (χ1v) is 4.00. The maximum Gasteiger partial charge on any atom is 0.432 e. The number of rotatable bonds is 5. The molecule has 0 aliphatic rings. The van der Waals surface area contributed by atoms with E-state index in [1.165, 1.54) is 6.20 Å². The van der Waals surface area contributed by atoms with Crippen molar-refractivity contribution in [2.45, 2.75) is 20.0 Å². The monoisotopic (exact) mass is 185 g/mol. The van der Waals surface area contributed by atoms with Gasteiger partial charge in [0.2, 0.25) is 0 Å². The Balaban J connectivity index is 2.44. The molecule has 0 aliphatic carbocycles. The lowest BCUT2D eigenvalue weighted by atomic mass is 10.5. The van der Waals surface area contributed by atoms with Crippen molar-refractivity contribution in [1.82, 2.24) is 9.97 Å². The average Bonchev–Trinajstić information content (AvgIpc) is 2.53. The van der Waals surface area contributed by atoms with E-state index in [4.69, 9.17) is 4.74 Å². The second kappa shape index (κ2) is 4.56. The summed E-state index contributed by atoms with van der Waals surface area (Å²) in [6.45, 7) is 2.98. The van der Waals surface area contributed by atoms with Gasteiger partial charge in [0.1, 0.15) is 18.5 Å². The van der Waals surface area contributed by atoms with Crippen LogP contribution in [0.1, 0.15) is 19.0 Å².